The molecule has 4 heteroatoms. The van der Waals surface area contributed by atoms with Gasteiger partial charge in [0.2, 0.25) is 0 Å². The van der Waals surface area contributed by atoms with Gasteiger partial charge in [0.1, 0.15) is 5.75 Å². The van der Waals surface area contributed by atoms with Gasteiger partial charge in [-0.3, -0.25) is 4.79 Å². The van der Waals surface area contributed by atoms with Crippen molar-refractivity contribution in [3.63, 3.8) is 0 Å². The zero-order valence-electron chi connectivity index (χ0n) is 12.3. The van der Waals surface area contributed by atoms with Gasteiger partial charge in [-0.05, 0) is 17.7 Å². The van der Waals surface area contributed by atoms with Gasteiger partial charge < -0.3 is 14.2 Å². The summed E-state index contributed by atoms with van der Waals surface area (Å²) in [5.41, 5.74) is 1.02. The normalized spacial score (nSPS) is 13.3. The van der Waals surface area contributed by atoms with E-state index in [2.05, 4.69) is 11.3 Å². The monoisotopic (exact) mass is 278 g/mol. The third kappa shape index (κ3) is 5.05. The number of hydrogen-bond donors (Lipinski definition) is 0. The fourth-order valence-electron chi connectivity index (χ4n) is 1.72. The quantitative estimate of drug-likeness (QED) is 0.541. The minimum absolute atomic E-state index is 0.0762. The van der Waals surface area contributed by atoms with Crippen molar-refractivity contribution in [3.05, 3.63) is 42.5 Å². The lowest BCUT2D eigenvalue weighted by atomic mass is 10.0. The molecule has 110 valence electrons. The standard InChI is InChI=1S/C16H22O4/c1-5-12(2)15(10-16(17)19-4)20-11-13-6-8-14(18-3)9-7-13/h5-9,12,15H,1,10-11H2,2-4H3/t12-,15+/m1/s1. The molecule has 0 aliphatic carbocycles. The summed E-state index contributed by atoms with van der Waals surface area (Å²) in [5, 5.41) is 0. The Morgan fingerprint density at radius 3 is 2.45 bits per heavy atom. The molecule has 1 aromatic rings. The van der Waals surface area contributed by atoms with Crippen LogP contribution in [0.2, 0.25) is 0 Å². The summed E-state index contributed by atoms with van der Waals surface area (Å²) in [5.74, 6) is 0.602. The Balaban J connectivity index is 2.60. The number of carbonyl (C=O) groups is 1. The summed E-state index contributed by atoms with van der Waals surface area (Å²) in [6.45, 7) is 6.14. The molecular weight excluding hydrogens is 256 g/mol. The van der Waals surface area contributed by atoms with Crippen LogP contribution >= 0.6 is 0 Å². The third-order valence-electron chi connectivity index (χ3n) is 3.18. The molecule has 0 bridgehead atoms. The predicted octanol–water partition coefficient (Wildman–Crippen LogP) is 2.97. The van der Waals surface area contributed by atoms with Crippen LogP contribution in [0.5, 0.6) is 5.75 Å². The van der Waals surface area contributed by atoms with Gasteiger partial charge in [0.25, 0.3) is 0 Å². The zero-order valence-corrected chi connectivity index (χ0v) is 12.3. The molecule has 4 nitrogen and oxygen atoms in total. The van der Waals surface area contributed by atoms with Crippen LogP contribution in [0.25, 0.3) is 0 Å². The van der Waals surface area contributed by atoms with Gasteiger partial charge in [0, 0.05) is 5.92 Å². The molecule has 0 fully saturated rings. The van der Waals surface area contributed by atoms with Crippen LogP contribution in [0.1, 0.15) is 18.9 Å². The fourth-order valence-corrected chi connectivity index (χ4v) is 1.72. The van der Waals surface area contributed by atoms with Crippen LogP contribution in [0.4, 0.5) is 0 Å². The number of esters is 1. The highest BCUT2D eigenvalue weighted by molar-refractivity contribution is 5.69. The second kappa shape index (κ2) is 8.38. The summed E-state index contributed by atoms with van der Waals surface area (Å²) in [4.78, 5) is 11.4. The molecule has 20 heavy (non-hydrogen) atoms. The van der Waals surface area contributed by atoms with Gasteiger partial charge in [-0.1, -0.05) is 25.1 Å². The van der Waals surface area contributed by atoms with E-state index >= 15 is 0 Å². The van der Waals surface area contributed by atoms with Crippen molar-refractivity contribution < 1.29 is 19.0 Å². The topological polar surface area (TPSA) is 44.8 Å². The van der Waals surface area contributed by atoms with E-state index in [0.717, 1.165) is 11.3 Å². The fraction of sp³-hybridized carbons (Fsp3) is 0.438. The van der Waals surface area contributed by atoms with E-state index in [1.165, 1.54) is 7.11 Å². The van der Waals surface area contributed by atoms with E-state index in [1.807, 2.05) is 31.2 Å². The third-order valence-corrected chi connectivity index (χ3v) is 3.18. The lowest BCUT2D eigenvalue weighted by Gasteiger charge is -2.21. The van der Waals surface area contributed by atoms with Gasteiger partial charge >= 0.3 is 5.97 Å². The molecule has 0 saturated heterocycles. The molecular formula is C16H22O4. The maximum Gasteiger partial charge on any atom is 0.308 e. The lowest BCUT2D eigenvalue weighted by molar-refractivity contribution is -0.144. The summed E-state index contributed by atoms with van der Waals surface area (Å²) in [6, 6.07) is 7.63. The van der Waals surface area contributed by atoms with Gasteiger partial charge in [0.05, 0.1) is 33.4 Å². The first-order valence-corrected chi connectivity index (χ1v) is 6.54. The molecule has 0 aromatic heterocycles. The van der Waals surface area contributed by atoms with Gasteiger partial charge in [0.15, 0.2) is 0 Å². The predicted molar refractivity (Wildman–Crippen MR) is 77.6 cm³/mol. The molecule has 2 atom stereocenters. The Morgan fingerprint density at radius 1 is 1.30 bits per heavy atom. The molecule has 0 heterocycles. The lowest BCUT2D eigenvalue weighted by Crippen LogP contribution is -2.24. The van der Waals surface area contributed by atoms with Crippen molar-refractivity contribution in [2.24, 2.45) is 5.92 Å². The summed E-state index contributed by atoms with van der Waals surface area (Å²) < 4.78 is 15.6. The van der Waals surface area contributed by atoms with E-state index in [-0.39, 0.29) is 24.4 Å². The SMILES string of the molecule is C=C[C@@H](C)[C@H](CC(=O)OC)OCc1ccc(OC)cc1. The van der Waals surface area contributed by atoms with Crippen molar-refractivity contribution in [3.8, 4) is 5.75 Å². The number of carbonyl (C=O) groups excluding carboxylic acids is 1. The Labute approximate surface area is 120 Å². The van der Waals surface area contributed by atoms with Crippen LogP contribution in [-0.2, 0) is 20.9 Å². The van der Waals surface area contributed by atoms with Gasteiger partial charge in [-0.15, -0.1) is 6.58 Å². The molecule has 0 unspecified atom stereocenters. The molecule has 0 amide bonds. The number of methoxy groups -OCH3 is 2. The average Bonchev–Trinajstić information content (AvgIpc) is 2.50. The van der Waals surface area contributed by atoms with Crippen LogP contribution in [0.15, 0.2) is 36.9 Å². The van der Waals surface area contributed by atoms with E-state index in [9.17, 15) is 4.79 Å². The Morgan fingerprint density at radius 2 is 1.95 bits per heavy atom. The van der Waals surface area contributed by atoms with E-state index in [1.54, 1.807) is 13.2 Å². The van der Waals surface area contributed by atoms with Crippen LogP contribution in [0.3, 0.4) is 0 Å². The maximum atomic E-state index is 11.4. The molecule has 1 aromatic carbocycles. The Bertz CT molecular complexity index is 425. The van der Waals surface area contributed by atoms with E-state index < -0.39 is 0 Å². The number of rotatable bonds is 8. The average molecular weight is 278 g/mol. The minimum atomic E-state index is -0.279. The Kier molecular flexibility index (Phi) is 6.81. The Hall–Kier alpha value is -1.81. The summed E-state index contributed by atoms with van der Waals surface area (Å²) >= 11 is 0. The van der Waals surface area contributed by atoms with Crippen LogP contribution < -0.4 is 4.74 Å². The molecule has 0 spiro atoms. The molecule has 0 N–H and O–H groups in total. The van der Waals surface area contributed by atoms with Crippen molar-refractivity contribution in [1.29, 1.82) is 0 Å². The van der Waals surface area contributed by atoms with Crippen LogP contribution in [0, 0.1) is 5.92 Å². The van der Waals surface area contributed by atoms with E-state index in [0.29, 0.717) is 6.61 Å². The minimum Gasteiger partial charge on any atom is -0.497 e. The van der Waals surface area contributed by atoms with Crippen molar-refractivity contribution in [2.45, 2.75) is 26.1 Å². The van der Waals surface area contributed by atoms with Crippen LogP contribution in [-0.4, -0.2) is 26.3 Å². The first kappa shape index (κ1) is 16.2. The van der Waals surface area contributed by atoms with Gasteiger partial charge in [-0.25, -0.2) is 0 Å². The first-order chi connectivity index (χ1) is 9.60. The molecule has 0 aliphatic heterocycles. The highest BCUT2D eigenvalue weighted by Gasteiger charge is 2.19. The summed E-state index contributed by atoms with van der Waals surface area (Å²) in [6.07, 6.45) is 1.77. The largest absolute Gasteiger partial charge is 0.497 e. The second-order valence-electron chi connectivity index (χ2n) is 4.57. The highest BCUT2D eigenvalue weighted by atomic mass is 16.5. The highest BCUT2D eigenvalue weighted by Crippen LogP contribution is 2.17. The van der Waals surface area contributed by atoms with Crippen molar-refractivity contribution in [1.82, 2.24) is 0 Å². The number of ether oxygens (including phenoxy) is 3. The smallest absolute Gasteiger partial charge is 0.308 e. The van der Waals surface area contributed by atoms with Gasteiger partial charge in [-0.2, -0.15) is 0 Å². The number of benzene rings is 1. The first-order valence-electron chi connectivity index (χ1n) is 6.54. The van der Waals surface area contributed by atoms with E-state index in [4.69, 9.17) is 9.47 Å². The summed E-state index contributed by atoms with van der Waals surface area (Å²) in [7, 11) is 3.01. The van der Waals surface area contributed by atoms with Crippen molar-refractivity contribution in [2.75, 3.05) is 14.2 Å². The molecule has 0 saturated carbocycles. The molecule has 0 aliphatic rings. The van der Waals surface area contributed by atoms with Crippen molar-refractivity contribution >= 4 is 5.97 Å². The second-order valence-corrected chi connectivity index (χ2v) is 4.57. The molecule has 0 radical (unpaired) electrons. The maximum absolute atomic E-state index is 11.4. The molecule has 1 rings (SSSR count). The number of hydrogen-bond acceptors (Lipinski definition) is 4. The zero-order chi connectivity index (χ0) is 15.0.